The molecule has 0 aromatic heterocycles. The van der Waals surface area contributed by atoms with E-state index in [1.807, 2.05) is 6.07 Å². The van der Waals surface area contributed by atoms with Crippen molar-refractivity contribution in [3.05, 3.63) is 47.2 Å². The fourth-order valence-electron chi connectivity index (χ4n) is 3.63. The van der Waals surface area contributed by atoms with Gasteiger partial charge in [-0.25, -0.2) is 0 Å². The summed E-state index contributed by atoms with van der Waals surface area (Å²) < 4.78 is 11.6. The largest absolute Gasteiger partial charge is 0.348 e. The van der Waals surface area contributed by atoms with Crippen LogP contribution in [0.3, 0.4) is 0 Å². The number of nitrogens with one attached hydrogen (secondary N) is 1. The van der Waals surface area contributed by atoms with Gasteiger partial charge in [-0.05, 0) is 49.0 Å². The van der Waals surface area contributed by atoms with E-state index in [1.54, 1.807) is 0 Å². The molecule has 1 aliphatic carbocycles. The highest BCUT2D eigenvalue weighted by molar-refractivity contribution is 5.43. The fraction of sp³-hybridized carbons (Fsp3) is 0.500. The summed E-state index contributed by atoms with van der Waals surface area (Å²) in [7, 11) is 0. The number of hydrogen-bond donors (Lipinski definition) is 1. The van der Waals surface area contributed by atoms with Gasteiger partial charge in [0.1, 0.15) is 11.3 Å². The van der Waals surface area contributed by atoms with E-state index in [1.165, 1.54) is 5.56 Å². The van der Waals surface area contributed by atoms with Gasteiger partial charge in [-0.3, -0.25) is 10.3 Å². The molecule has 4 nitrogen and oxygen atoms in total. The minimum Gasteiger partial charge on any atom is -0.348 e. The van der Waals surface area contributed by atoms with Crippen molar-refractivity contribution < 1.29 is 14.3 Å². The summed E-state index contributed by atoms with van der Waals surface area (Å²) in [6.45, 7) is 3.56. The zero-order valence-corrected chi connectivity index (χ0v) is 14.1. The minimum atomic E-state index is -0.364. The monoisotopic (exact) mass is 325 g/mol. The quantitative estimate of drug-likeness (QED) is 0.806. The number of ether oxygens (including phenoxy) is 2. The predicted octanol–water partition coefficient (Wildman–Crippen LogP) is 3.08. The molecule has 2 fully saturated rings. The van der Waals surface area contributed by atoms with E-state index in [2.05, 4.69) is 48.5 Å². The van der Waals surface area contributed by atoms with Crippen molar-refractivity contribution in [1.82, 2.24) is 5.48 Å². The summed E-state index contributed by atoms with van der Waals surface area (Å²) in [4.78, 5) is 5.87. The normalized spacial score (nSPS) is 23.6. The van der Waals surface area contributed by atoms with Crippen LogP contribution in [-0.4, -0.2) is 24.6 Å². The Kier molecular flexibility index (Phi) is 4.09. The number of allylic oxidation sites excluding steroid dienone is 1. The predicted molar refractivity (Wildman–Crippen MR) is 90.8 cm³/mol. The molecule has 0 amide bonds. The van der Waals surface area contributed by atoms with Crippen LogP contribution >= 0.6 is 0 Å². The Morgan fingerprint density at radius 2 is 1.88 bits per heavy atom. The summed E-state index contributed by atoms with van der Waals surface area (Å²) in [6, 6.07) is 8.36. The number of rotatable bonds is 1. The lowest BCUT2D eigenvalue weighted by atomic mass is 9.81. The van der Waals surface area contributed by atoms with Crippen LogP contribution in [0.25, 0.3) is 0 Å². The zero-order valence-electron chi connectivity index (χ0n) is 14.1. The topological polar surface area (TPSA) is 39.7 Å². The average molecular weight is 325 g/mol. The molecule has 1 N–H and O–H groups in total. The van der Waals surface area contributed by atoms with Gasteiger partial charge in [0.25, 0.3) is 0 Å². The molecule has 2 heterocycles. The Labute approximate surface area is 143 Å². The number of benzene rings is 1. The maximum atomic E-state index is 5.87. The molecular weight excluding hydrogens is 302 g/mol. The Morgan fingerprint density at radius 1 is 1.08 bits per heavy atom. The second-order valence-corrected chi connectivity index (χ2v) is 6.74. The van der Waals surface area contributed by atoms with Gasteiger partial charge in [-0.2, -0.15) is 0 Å². The van der Waals surface area contributed by atoms with Crippen LogP contribution in [0.5, 0.6) is 0 Å². The second-order valence-electron chi connectivity index (χ2n) is 6.74. The smallest absolute Gasteiger partial charge is 0.168 e. The van der Waals surface area contributed by atoms with E-state index < -0.39 is 0 Å². The minimum absolute atomic E-state index is 0.268. The van der Waals surface area contributed by atoms with Gasteiger partial charge >= 0.3 is 0 Å². The molecular formula is C20H23NO3. The lowest BCUT2D eigenvalue weighted by molar-refractivity contribution is -0.205. The molecule has 1 saturated carbocycles. The molecule has 0 radical (unpaired) electrons. The van der Waals surface area contributed by atoms with Crippen LogP contribution in [-0.2, 0) is 20.7 Å². The summed E-state index contributed by atoms with van der Waals surface area (Å²) in [5.41, 5.74) is 5.92. The third kappa shape index (κ3) is 3.08. The van der Waals surface area contributed by atoms with Gasteiger partial charge < -0.3 is 9.47 Å². The highest BCUT2D eigenvalue weighted by Crippen LogP contribution is 2.43. The number of hydrogen-bond acceptors (Lipinski definition) is 4. The fourth-order valence-corrected chi connectivity index (χ4v) is 3.63. The molecule has 0 unspecified atom stereocenters. The molecule has 1 aromatic carbocycles. The van der Waals surface area contributed by atoms with Crippen LogP contribution in [0.2, 0.25) is 0 Å². The van der Waals surface area contributed by atoms with Crippen LogP contribution in [0.15, 0.2) is 36.0 Å². The lowest BCUT2D eigenvalue weighted by Gasteiger charge is -2.39. The standard InChI is InChI=1S/C20H23NO3/c1-2-16-4-3-5-17(14-16)6-7-18-15-19(24-21-18)8-10-20(11-9-19)22-12-13-23-20/h3-5,14-15,21H,2,8-13H2,1H3. The van der Waals surface area contributed by atoms with Crippen molar-refractivity contribution in [2.45, 2.75) is 50.4 Å². The SMILES string of the molecule is CCc1cccc(C#CC2=CC3(CCC4(CC3)OCCO4)ON2)c1. The van der Waals surface area contributed by atoms with Crippen molar-refractivity contribution >= 4 is 0 Å². The van der Waals surface area contributed by atoms with E-state index in [0.717, 1.165) is 43.4 Å². The van der Waals surface area contributed by atoms with Crippen LogP contribution in [0.4, 0.5) is 0 Å². The third-order valence-corrected chi connectivity index (χ3v) is 5.12. The first-order valence-electron chi connectivity index (χ1n) is 8.77. The summed E-state index contributed by atoms with van der Waals surface area (Å²) in [5, 5.41) is 0. The molecule has 24 heavy (non-hydrogen) atoms. The Bertz CT molecular complexity index is 697. The van der Waals surface area contributed by atoms with Gasteiger partial charge in [-0.1, -0.05) is 25.0 Å². The summed E-state index contributed by atoms with van der Waals surface area (Å²) >= 11 is 0. The van der Waals surface area contributed by atoms with E-state index in [9.17, 15) is 0 Å². The van der Waals surface area contributed by atoms with Crippen molar-refractivity contribution in [2.24, 2.45) is 0 Å². The van der Waals surface area contributed by atoms with Crippen molar-refractivity contribution in [3.8, 4) is 11.8 Å². The van der Waals surface area contributed by atoms with Crippen molar-refractivity contribution in [2.75, 3.05) is 13.2 Å². The first-order valence-corrected chi connectivity index (χ1v) is 8.77. The van der Waals surface area contributed by atoms with E-state index >= 15 is 0 Å². The Morgan fingerprint density at radius 3 is 2.62 bits per heavy atom. The van der Waals surface area contributed by atoms with Gasteiger partial charge in [0, 0.05) is 18.4 Å². The molecule has 4 heteroatoms. The molecule has 4 rings (SSSR count). The van der Waals surface area contributed by atoms with E-state index in [4.69, 9.17) is 14.3 Å². The number of hydroxylamine groups is 1. The lowest BCUT2D eigenvalue weighted by Crippen LogP contribution is -2.43. The molecule has 0 bridgehead atoms. The highest BCUT2D eigenvalue weighted by atomic mass is 16.7. The third-order valence-electron chi connectivity index (χ3n) is 5.12. The van der Waals surface area contributed by atoms with E-state index in [0.29, 0.717) is 13.2 Å². The van der Waals surface area contributed by atoms with Crippen LogP contribution < -0.4 is 5.48 Å². The average Bonchev–Trinajstić information content (AvgIpc) is 3.24. The molecule has 3 aliphatic rings. The van der Waals surface area contributed by atoms with Gasteiger partial charge in [-0.15, -0.1) is 0 Å². The Balaban J connectivity index is 1.45. The molecule has 1 aromatic rings. The molecule has 2 aliphatic heterocycles. The molecule has 126 valence electrons. The first kappa shape index (κ1) is 15.7. The van der Waals surface area contributed by atoms with Gasteiger partial charge in [0.2, 0.25) is 0 Å². The van der Waals surface area contributed by atoms with Crippen LogP contribution in [0.1, 0.15) is 43.7 Å². The van der Waals surface area contributed by atoms with E-state index in [-0.39, 0.29) is 11.4 Å². The maximum absolute atomic E-state index is 5.87. The highest BCUT2D eigenvalue weighted by Gasteiger charge is 2.48. The van der Waals surface area contributed by atoms with Gasteiger partial charge in [0.15, 0.2) is 5.79 Å². The van der Waals surface area contributed by atoms with Crippen LogP contribution in [0, 0.1) is 11.8 Å². The molecule has 0 atom stereocenters. The summed E-state index contributed by atoms with van der Waals surface area (Å²) in [6.07, 6.45) is 6.65. The molecule has 1 saturated heterocycles. The van der Waals surface area contributed by atoms with Crippen molar-refractivity contribution in [3.63, 3.8) is 0 Å². The molecule has 2 spiro atoms. The number of aryl methyl sites for hydroxylation is 1. The second kappa shape index (κ2) is 6.25. The zero-order chi connectivity index (χ0) is 16.5. The summed E-state index contributed by atoms with van der Waals surface area (Å²) in [5.74, 6) is 6.05. The first-order chi connectivity index (χ1) is 11.7. The van der Waals surface area contributed by atoms with Gasteiger partial charge in [0.05, 0.1) is 13.2 Å². The van der Waals surface area contributed by atoms with Crippen molar-refractivity contribution in [1.29, 1.82) is 0 Å². The maximum Gasteiger partial charge on any atom is 0.168 e. The Hall–Kier alpha value is -1.80.